The van der Waals surface area contributed by atoms with Gasteiger partial charge >= 0.3 is 0 Å². The Bertz CT molecular complexity index is 1550. The van der Waals surface area contributed by atoms with E-state index in [4.69, 9.17) is 11.6 Å². The Balaban J connectivity index is 1.28. The zero-order valence-corrected chi connectivity index (χ0v) is 19.7. The van der Waals surface area contributed by atoms with Gasteiger partial charge in [0.1, 0.15) is 0 Å². The molecule has 8 heteroatoms. The Hall–Kier alpha value is -4.23. The zero-order valence-electron chi connectivity index (χ0n) is 19.0. The minimum atomic E-state index is -0.189. The van der Waals surface area contributed by atoms with Gasteiger partial charge in [-0.3, -0.25) is 14.7 Å². The summed E-state index contributed by atoms with van der Waals surface area (Å²) >= 11 is 6.11. The molecule has 1 amide bonds. The van der Waals surface area contributed by atoms with Crippen molar-refractivity contribution in [3.63, 3.8) is 0 Å². The van der Waals surface area contributed by atoms with Crippen molar-refractivity contribution in [2.24, 2.45) is 0 Å². The maximum atomic E-state index is 13.0. The first-order valence-corrected chi connectivity index (χ1v) is 11.5. The fraction of sp³-hybridized carbons (Fsp3) is 0.111. The third kappa shape index (κ3) is 5.00. The van der Waals surface area contributed by atoms with Crippen LogP contribution in [-0.2, 0) is 17.6 Å². The predicted octanol–water partition coefficient (Wildman–Crippen LogP) is 5.32. The van der Waals surface area contributed by atoms with Crippen molar-refractivity contribution in [2.45, 2.75) is 19.8 Å². The number of carbonyl (C=O) groups excluding carboxylic acids is 2. The zero-order chi connectivity index (χ0) is 24.4. The first-order chi connectivity index (χ1) is 17.0. The summed E-state index contributed by atoms with van der Waals surface area (Å²) in [5, 5.41) is 15.9. The van der Waals surface area contributed by atoms with Crippen molar-refractivity contribution in [3.05, 3.63) is 107 Å². The standard InChI is InChI=1S/C27H22ClN5O2/c1-17-22-11-18(9-10-24(22)32-31-17)12-26(34)20-5-4-6-21(14-20)33-16-19(15-29-33)13-27(35)30-25-8-3-2-7-23(25)28/h2-11,14-16H,12-13H2,1H3,(H,30,35)(H,31,32). The number of aromatic nitrogens is 4. The second-order valence-electron chi connectivity index (χ2n) is 8.35. The minimum absolute atomic E-state index is 0.0128. The molecule has 2 aromatic heterocycles. The number of carbonyl (C=O) groups is 2. The molecule has 7 nitrogen and oxygen atoms in total. The number of para-hydroxylation sites is 1. The van der Waals surface area contributed by atoms with E-state index in [1.807, 2.05) is 49.4 Å². The second-order valence-corrected chi connectivity index (χ2v) is 8.76. The molecule has 0 atom stereocenters. The molecule has 2 heterocycles. The molecule has 0 radical (unpaired) electrons. The van der Waals surface area contributed by atoms with Crippen LogP contribution in [0, 0.1) is 6.92 Å². The molecule has 0 aliphatic rings. The molecule has 0 aliphatic carbocycles. The van der Waals surface area contributed by atoms with Crippen LogP contribution in [0.15, 0.2) is 79.1 Å². The molecule has 174 valence electrons. The first kappa shape index (κ1) is 22.6. The molecule has 0 aliphatic heterocycles. The van der Waals surface area contributed by atoms with Crippen molar-refractivity contribution < 1.29 is 9.59 Å². The number of Topliss-reactive ketones (excluding diaryl/α,β-unsaturated/α-hetero) is 1. The number of aryl methyl sites for hydroxylation is 1. The molecule has 0 bridgehead atoms. The summed E-state index contributed by atoms with van der Waals surface area (Å²) in [6.45, 7) is 1.96. The number of rotatable bonds is 7. The van der Waals surface area contributed by atoms with Crippen LogP contribution in [0.5, 0.6) is 0 Å². The lowest BCUT2D eigenvalue weighted by molar-refractivity contribution is -0.115. The molecular weight excluding hydrogens is 462 g/mol. The highest BCUT2D eigenvalue weighted by Gasteiger charge is 2.12. The number of anilines is 1. The molecule has 0 unspecified atom stereocenters. The lowest BCUT2D eigenvalue weighted by Crippen LogP contribution is -2.14. The van der Waals surface area contributed by atoms with E-state index in [1.54, 1.807) is 41.3 Å². The monoisotopic (exact) mass is 483 g/mol. The van der Waals surface area contributed by atoms with Crippen LogP contribution in [0.3, 0.4) is 0 Å². The Kier molecular flexibility index (Phi) is 6.16. The van der Waals surface area contributed by atoms with Crippen LogP contribution in [0.1, 0.15) is 27.2 Å². The number of nitrogens with one attached hydrogen (secondary N) is 2. The van der Waals surface area contributed by atoms with Gasteiger partial charge in [-0.15, -0.1) is 0 Å². The fourth-order valence-corrected chi connectivity index (χ4v) is 4.12. The number of hydrogen-bond donors (Lipinski definition) is 2. The summed E-state index contributed by atoms with van der Waals surface area (Å²) in [7, 11) is 0. The topological polar surface area (TPSA) is 92.7 Å². The van der Waals surface area contributed by atoms with E-state index in [-0.39, 0.29) is 24.5 Å². The number of fused-ring (bicyclic) bond motifs is 1. The molecule has 0 spiro atoms. The van der Waals surface area contributed by atoms with Gasteiger partial charge in [0.15, 0.2) is 5.78 Å². The number of ketones is 1. The largest absolute Gasteiger partial charge is 0.324 e. The SMILES string of the molecule is Cc1[nH]nc2ccc(CC(=O)c3cccc(-n4cc(CC(=O)Nc5ccccc5Cl)cn4)c3)cc12. The van der Waals surface area contributed by atoms with Crippen LogP contribution < -0.4 is 5.32 Å². The van der Waals surface area contributed by atoms with Gasteiger partial charge in [0.05, 0.1) is 34.5 Å². The van der Waals surface area contributed by atoms with Gasteiger partial charge in [0.2, 0.25) is 5.91 Å². The molecule has 0 fully saturated rings. The highest BCUT2D eigenvalue weighted by atomic mass is 35.5. The molecule has 5 aromatic rings. The number of nitrogens with zero attached hydrogens (tertiary/aromatic N) is 3. The highest BCUT2D eigenvalue weighted by Crippen LogP contribution is 2.21. The predicted molar refractivity (Wildman–Crippen MR) is 136 cm³/mol. The summed E-state index contributed by atoms with van der Waals surface area (Å²) in [5.74, 6) is -0.176. The van der Waals surface area contributed by atoms with Crippen LogP contribution in [-0.4, -0.2) is 31.7 Å². The molecular formula is C27H22ClN5O2. The van der Waals surface area contributed by atoms with Crippen molar-refractivity contribution in [3.8, 4) is 5.69 Å². The molecule has 35 heavy (non-hydrogen) atoms. The number of H-pyrrole nitrogens is 1. The van der Waals surface area contributed by atoms with Crippen LogP contribution in [0.2, 0.25) is 5.02 Å². The number of aromatic amines is 1. The smallest absolute Gasteiger partial charge is 0.228 e. The number of hydrogen-bond acceptors (Lipinski definition) is 4. The average Bonchev–Trinajstić information content (AvgIpc) is 3.47. The van der Waals surface area contributed by atoms with E-state index in [9.17, 15) is 9.59 Å². The van der Waals surface area contributed by atoms with E-state index < -0.39 is 0 Å². The van der Waals surface area contributed by atoms with Gasteiger partial charge in [0, 0.05) is 29.3 Å². The van der Waals surface area contributed by atoms with Gasteiger partial charge in [-0.1, -0.05) is 41.9 Å². The van der Waals surface area contributed by atoms with E-state index in [1.165, 1.54) is 0 Å². The Morgan fingerprint density at radius 3 is 2.71 bits per heavy atom. The maximum absolute atomic E-state index is 13.0. The van der Waals surface area contributed by atoms with Crippen LogP contribution in [0.25, 0.3) is 16.6 Å². The fourth-order valence-electron chi connectivity index (χ4n) is 3.94. The van der Waals surface area contributed by atoms with E-state index >= 15 is 0 Å². The molecule has 0 saturated carbocycles. The van der Waals surface area contributed by atoms with Crippen molar-refractivity contribution >= 4 is 39.9 Å². The van der Waals surface area contributed by atoms with Crippen LogP contribution >= 0.6 is 11.6 Å². The van der Waals surface area contributed by atoms with Gasteiger partial charge in [-0.2, -0.15) is 10.2 Å². The number of benzene rings is 3. The lowest BCUT2D eigenvalue weighted by Gasteiger charge is -2.06. The van der Waals surface area contributed by atoms with Crippen molar-refractivity contribution in [1.82, 2.24) is 20.0 Å². The quantitative estimate of drug-likeness (QED) is 0.306. The Labute approximate surface area is 206 Å². The first-order valence-electron chi connectivity index (χ1n) is 11.1. The lowest BCUT2D eigenvalue weighted by atomic mass is 10.0. The summed E-state index contributed by atoms with van der Waals surface area (Å²) in [6.07, 6.45) is 3.87. The second kappa shape index (κ2) is 9.56. The normalized spacial score (nSPS) is 11.0. The summed E-state index contributed by atoms with van der Waals surface area (Å²) in [5.41, 5.74) is 5.45. The van der Waals surface area contributed by atoms with E-state index in [0.29, 0.717) is 16.3 Å². The molecule has 5 rings (SSSR count). The van der Waals surface area contributed by atoms with Crippen molar-refractivity contribution in [1.29, 1.82) is 0 Å². The highest BCUT2D eigenvalue weighted by molar-refractivity contribution is 6.33. The number of amides is 1. The van der Waals surface area contributed by atoms with Gasteiger partial charge in [0.25, 0.3) is 0 Å². The summed E-state index contributed by atoms with van der Waals surface area (Å²) in [6, 6.07) is 20.3. The van der Waals surface area contributed by atoms with Crippen molar-refractivity contribution in [2.75, 3.05) is 5.32 Å². The van der Waals surface area contributed by atoms with Gasteiger partial charge < -0.3 is 5.32 Å². The van der Waals surface area contributed by atoms with Crippen LogP contribution in [0.4, 0.5) is 5.69 Å². The summed E-state index contributed by atoms with van der Waals surface area (Å²) in [4.78, 5) is 25.4. The Morgan fingerprint density at radius 1 is 1.00 bits per heavy atom. The van der Waals surface area contributed by atoms with Gasteiger partial charge in [-0.25, -0.2) is 4.68 Å². The van der Waals surface area contributed by atoms with Gasteiger partial charge in [-0.05, 0) is 54.4 Å². The minimum Gasteiger partial charge on any atom is -0.324 e. The average molecular weight is 484 g/mol. The summed E-state index contributed by atoms with van der Waals surface area (Å²) < 4.78 is 1.66. The van der Waals surface area contributed by atoms with E-state index in [0.717, 1.165) is 33.4 Å². The third-order valence-corrected chi connectivity index (χ3v) is 6.08. The third-order valence-electron chi connectivity index (χ3n) is 5.76. The Morgan fingerprint density at radius 2 is 1.86 bits per heavy atom. The maximum Gasteiger partial charge on any atom is 0.228 e. The number of halogens is 1. The molecule has 3 aromatic carbocycles. The molecule has 2 N–H and O–H groups in total. The molecule has 0 saturated heterocycles. The van der Waals surface area contributed by atoms with E-state index in [2.05, 4.69) is 20.6 Å².